The zero-order chi connectivity index (χ0) is 11.8. The van der Waals surface area contributed by atoms with E-state index < -0.39 is 0 Å². The van der Waals surface area contributed by atoms with Crippen molar-refractivity contribution >= 4 is 11.0 Å². The molecule has 0 spiro atoms. The van der Waals surface area contributed by atoms with Gasteiger partial charge in [-0.1, -0.05) is 42.0 Å². The van der Waals surface area contributed by atoms with Gasteiger partial charge in [-0.15, -0.1) is 0 Å². The third kappa shape index (κ3) is 1.56. The molecule has 3 heteroatoms. The summed E-state index contributed by atoms with van der Waals surface area (Å²) in [5.41, 5.74) is 3.52. The molecule has 0 saturated heterocycles. The van der Waals surface area contributed by atoms with Gasteiger partial charge in [-0.25, -0.2) is 0 Å². The van der Waals surface area contributed by atoms with Crippen molar-refractivity contribution in [2.24, 2.45) is 0 Å². The topological polar surface area (TPSA) is 46.0 Å². The van der Waals surface area contributed by atoms with Gasteiger partial charge in [0.15, 0.2) is 5.58 Å². The Morgan fingerprint density at radius 3 is 2.59 bits per heavy atom. The molecule has 84 valence electrons. The minimum absolute atomic E-state index is 0.184. The van der Waals surface area contributed by atoms with Gasteiger partial charge in [-0.3, -0.25) is 4.79 Å². The first-order chi connectivity index (χ1) is 8.25. The van der Waals surface area contributed by atoms with Gasteiger partial charge in [0.1, 0.15) is 0 Å². The maximum Gasteiger partial charge on any atom is 0.288 e. The summed E-state index contributed by atoms with van der Waals surface area (Å²) in [6, 6.07) is 13.7. The average molecular weight is 225 g/mol. The summed E-state index contributed by atoms with van der Waals surface area (Å²) in [6.45, 7) is 2.04. The Labute approximate surface area is 97.7 Å². The fraction of sp³-hybridized carbons (Fsp3) is 0.0714. The van der Waals surface area contributed by atoms with Gasteiger partial charge in [-0.2, -0.15) is 5.16 Å². The maximum atomic E-state index is 11.7. The second kappa shape index (κ2) is 3.63. The van der Waals surface area contributed by atoms with Gasteiger partial charge >= 0.3 is 0 Å². The highest BCUT2D eigenvalue weighted by Gasteiger charge is 2.09. The number of hydrogen-bond donors (Lipinski definition) is 1. The Morgan fingerprint density at radius 2 is 1.82 bits per heavy atom. The molecule has 17 heavy (non-hydrogen) atoms. The van der Waals surface area contributed by atoms with Crippen molar-refractivity contribution in [3.63, 3.8) is 0 Å². The van der Waals surface area contributed by atoms with Crippen LogP contribution in [-0.4, -0.2) is 5.16 Å². The lowest BCUT2D eigenvalue weighted by Gasteiger charge is -2.02. The lowest BCUT2D eigenvalue weighted by Crippen LogP contribution is -1.98. The van der Waals surface area contributed by atoms with E-state index in [1.54, 1.807) is 6.07 Å². The van der Waals surface area contributed by atoms with Crippen LogP contribution in [0.3, 0.4) is 0 Å². The van der Waals surface area contributed by atoms with Gasteiger partial charge in [0.05, 0.1) is 5.39 Å². The first kappa shape index (κ1) is 9.90. The van der Waals surface area contributed by atoms with E-state index in [-0.39, 0.29) is 5.56 Å². The van der Waals surface area contributed by atoms with Crippen molar-refractivity contribution in [2.75, 3.05) is 0 Å². The Hall–Kier alpha value is -2.29. The minimum Gasteiger partial charge on any atom is -0.378 e. The molecule has 0 amide bonds. The molecular formula is C14H11NO2. The first-order valence-electron chi connectivity index (χ1n) is 5.43. The number of fused-ring (bicyclic) bond motifs is 1. The fourth-order valence-electron chi connectivity index (χ4n) is 1.98. The van der Waals surface area contributed by atoms with Crippen LogP contribution in [0, 0.1) is 6.92 Å². The van der Waals surface area contributed by atoms with E-state index in [2.05, 4.69) is 5.16 Å². The van der Waals surface area contributed by atoms with Gasteiger partial charge in [0, 0.05) is 0 Å². The Morgan fingerprint density at radius 1 is 1.06 bits per heavy atom. The summed E-state index contributed by atoms with van der Waals surface area (Å²) in [5, 5.41) is 2.98. The molecule has 0 fully saturated rings. The van der Waals surface area contributed by atoms with Crippen molar-refractivity contribution in [2.45, 2.75) is 6.92 Å². The molecule has 1 N–H and O–H groups in total. The monoisotopic (exact) mass is 225 g/mol. The van der Waals surface area contributed by atoms with E-state index in [9.17, 15) is 4.79 Å². The standard InChI is InChI=1S/C14H11NO2/c1-9-5-7-10(8-6-9)11-3-2-4-12-13(11)14(16)15-17-12/h2-8H,1H3,(H,15,16). The lowest BCUT2D eigenvalue weighted by molar-refractivity contribution is 0.449. The first-order valence-corrected chi connectivity index (χ1v) is 5.43. The van der Waals surface area contributed by atoms with Crippen LogP contribution in [0.4, 0.5) is 0 Å². The molecule has 3 aromatic rings. The number of benzene rings is 2. The summed E-state index contributed by atoms with van der Waals surface area (Å²) in [5.74, 6) is 0. The van der Waals surface area contributed by atoms with Crippen LogP contribution in [0.15, 0.2) is 51.8 Å². The number of H-pyrrole nitrogens is 1. The molecule has 0 unspecified atom stereocenters. The number of aromatic nitrogens is 1. The van der Waals surface area contributed by atoms with E-state index >= 15 is 0 Å². The van der Waals surface area contributed by atoms with Crippen LogP contribution < -0.4 is 5.56 Å². The second-order valence-electron chi connectivity index (χ2n) is 4.08. The molecule has 0 saturated carbocycles. The SMILES string of the molecule is Cc1ccc(-c2cccc3o[nH]c(=O)c23)cc1. The highest BCUT2D eigenvalue weighted by atomic mass is 16.5. The lowest BCUT2D eigenvalue weighted by atomic mass is 10.0. The fourth-order valence-corrected chi connectivity index (χ4v) is 1.98. The van der Waals surface area contributed by atoms with E-state index in [1.807, 2.05) is 43.3 Å². The van der Waals surface area contributed by atoms with Crippen LogP contribution in [0.2, 0.25) is 0 Å². The van der Waals surface area contributed by atoms with Crippen molar-refractivity contribution in [3.05, 3.63) is 58.4 Å². The van der Waals surface area contributed by atoms with Crippen LogP contribution >= 0.6 is 0 Å². The molecule has 0 atom stereocenters. The molecule has 3 rings (SSSR count). The molecule has 0 radical (unpaired) electrons. The summed E-state index contributed by atoms with van der Waals surface area (Å²) < 4.78 is 5.10. The normalized spacial score (nSPS) is 10.9. The third-order valence-electron chi connectivity index (χ3n) is 2.87. The molecule has 3 nitrogen and oxygen atoms in total. The van der Waals surface area contributed by atoms with Crippen LogP contribution in [0.25, 0.3) is 22.1 Å². The molecule has 1 heterocycles. The van der Waals surface area contributed by atoms with Crippen LogP contribution in [0.5, 0.6) is 0 Å². The minimum atomic E-state index is -0.184. The quantitative estimate of drug-likeness (QED) is 0.691. The molecule has 2 aromatic carbocycles. The Balaban J connectivity index is 2.33. The van der Waals surface area contributed by atoms with Crippen LogP contribution in [0.1, 0.15) is 5.56 Å². The molecule has 0 aliphatic rings. The van der Waals surface area contributed by atoms with Gasteiger partial charge < -0.3 is 4.52 Å². The van der Waals surface area contributed by atoms with E-state index in [1.165, 1.54) is 5.56 Å². The van der Waals surface area contributed by atoms with Crippen molar-refractivity contribution in [3.8, 4) is 11.1 Å². The summed E-state index contributed by atoms with van der Waals surface area (Å²) in [7, 11) is 0. The van der Waals surface area contributed by atoms with Crippen molar-refractivity contribution in [1.82, 2.24) is 5.16 Å². The highest BCUT2D eigenvalue weighted by molar-refractivity contribution is 5.93. The Bertz CT molecular complexity index is 720. The molecule has 0 bridgehead atoms. The van der Waals surface area contributed by atoms with Crippen molar-refractivity contribution in [1.29, 1.82) is 0 Å². The smallest absolute Gasteiger partial charge is 0.288 e. The predicted octanol–water partition coefficient (Wildman–Crippen LogP) is 3.10. The summed E-state index contributed by atoms with van der Waals surface area (Å²) >= 11 is 0. The highest BCUT2D eigenvalue weighted by Crippen LogP contribution is 2.26. The van der Waals surface area contributed by atoms with Gasteiger partial charge in [-0.05, 0) is 24.1 Å². The molecular weight excluding hydrogens is 214 g/mol. The average Bonchev–Trinajstić information content (AvgIpc) is 2.73. The van der Waals surface area contributed by atoms with E-state index in [4.69, 9.17) is 4.52 Å². The summed E-state index contributed by atoms with van der Waals surface area (Å²) in [6.07, 6.45) is 0. The number of nitrogens with one attached hydrogen (secondary N) is 1. The van der Waals surface area contributed by atoms with E-state index in [0.717, 1.165) is 11.1 Å². The maximum absolute atomic E-state index is 11.7. The number of aromatic amines is 1. The van der Waals surface area contributed by atoms with E-state index in [0.29, 0.717) is 11.0 Å². The largest absolute Gasteiger partial charge is 0.378 e. The molecule has 0 aliphatic heterocycles. The molecule has 0 aliphatic carbocycles. The van der Waals surface area contributed by atoms with Crippen molar-refractivity contribution < 1.29 is 4.52 Å². The number of rotatable bonds is 1. The zero-order valence-corrected chi connectivity index (χ0v) is 9.36. The summed E-state index contributed by atoms with van der Waals surface area (Å²) in [4.78, 5) is 11.7. The second-order valence-corrected chi connectivity index (χ2v) is 4.08. The Kier molecular flexibility index (Phi) is 2.11. The number of hydrogen-bond acceptors (Lipinski definition) is 2. The zero-order valence-electron chi connectivity index (χ0n) is 9.36. The van der Waals surface area contributed by atoms with Crippen LogP contribution in [-0.2, 0) is 0 Å². The predicted molar refractivity (Wildman–Crippen MR) is 67.0 cm³/mol. The molecule has 1 aromatic heterocycles. The van der Waals surface area contributed by atoms with Gasteiger partial charge in [0.25, 0.3) is 5.56 Å². The number of aryl methyl sites for hydroxylation is 1. The third-order valence-corrected chi connectivity index (χ3v) is 2.87. The van der Waals surface area contributed by atoms with Gasteiger partial charge in [0.2, 0.25) is 0 Å².